The molecule has 0 bridgehead atoms. The van der Waals surface area contributed by atoms with Crippen molar-refractivity contribution >= 4 is 34.6 Å². The maximum Gasteiger partial charge on any atom is 0.416 e. The number of aromatic nitrogens is 2. The fraction of sp³-hybridized carbons (Fsp3) is 0.406. The van der Waals surface area contributed by atoms with Gasteiger partial charge in [-0.1, -0.05) is 18.7 Å². The zero-order chi connectivity index (χ0) is 31.7. The summed E-state index contributed by atoms with van der Waals surface area (Å²) in [5, 5.41) is 7.72. The summed E-state index contributed by atoms with van der Waals surface area (Å²) in [6, 6.07) is 11.2. The second kappa shape index (κ2) is 12.6. The molecule has 2 N–H and O–H groups in total. The number of amides is 1. The molecule has 10 nitrogen and oxygen atoms in total. The molecule has 1 amide bonds. The predicted molar refractivity (Wildman–Crippen MR) is 166 cm³/mol. The highest BCUT2D eigenvalue weighted by Gasteiger charge is 2.36. The number of hydrogen-bond donors (Lipinski definition) is 2. The molecule has 3 fully saturated rings. The summed E-state index contributed by atoms with van der Waals surface area (Å²) in [6.45, 7) is 8.71. The molecule has 1 aliphatic carbocycles. The van der Waals surface area contributed by atoms with Crippen molar-refractivity contribution in [1.82, 2.24) is 14.9 Å². The van der Waals surface area contributed by atoms with Crippen LogP contribution in [0.5, 0.6) is 5.75 Å². The Balaban J connectivity index is 1.27. The highest BCUT2D eigenvalue weighted by molar-refractivity contribution is 6.02. The number of nitrogens with zero attached hydrogens (tertiary/aromatic N) is 5. The second-order valence-corrected chi connectivity index (χ2v) is 11.5. The molecule has 0 spiro atoms. The fourth-order valence-electron chi connectivity index (χ4n) is 6.11. The van der Waals surface area contributed by atoms with E-state index in [-0.39, 0.29) is 5.91 Å². The molecule has 2 atom stereocenters. The van der Waals surface area contributed by atoms with Crippen molar-refractivity contribution in [1.29, 1.82) is 0 Å². The maximum atomic E-state index is 13.4. The molecule has 6 rings (SSSR count). The summed E-state index contributed by atoms with van der Waals surface area (Å²) in [7, 11) is 1.57. The molecular formula is C32H36F3N7O3. The molecule has 13 heteroatoms. The quantitative estimate of drug-likeness (QED) is 0.282. The molecule has 3 aromatic rings. The van der Waals surface area contributed by atoms with Crippen molar-refractivity contribution in [3.63, 3.8) is 0 Å². The summed E-state index contributed by atoms with van der Waals surface area (Å²) < 4.78 is 46.0. The predicted octanol–water partition coefficient (Wildman–Crippen LogP) is 5.93. The first kappa shape index (κ1) is 30.7. The van der Waals surface area contributed by atoms with Gasteiger partial charge in [-0.2, -0.15) is 13.2 Å². The number of benzene rings is 2. The van der Waals surface area contributed by atoms with E-state index in [9.17, 15) is 18.0 Å². The van der Waals surface area contributed by atoms with E-state index in [1.807, 2.05) is 6.07 Å². The molecule has 1 aromatic heterocycles. The summed E-state index contributed by atoms with van der Waals surface area (Å²) in [5.74, 6) is 0.981. The minimum absolute atomic E-state index is 0.322. The van der Waals surface area contributed by atoms with Gasteiger partial charge >= 0.3 is 6.18 Å². The van der Waals surface area contributed by atoms with Crippen molar-refractivity contribution in [2.24, 2.45) is 0 Å². The van der Waals surface area contributed by atoms with Crippen molar-refractivity contribution < 1.29 is 27.5 Å². The van der Waals surface area contributed by atoms with Gasteiger partial charge in [-0.3, -0.25) is 14.5 Å². The van der Waals surface area contributed by atoms with Crippen molar-refractivity contribution in [2.45, 2.75) is 50.5 Å². The summed E-state index contributed by atoms with van der Waals surface area (Å²) >= 11 is 0. The summed E-state index contributed by atoms with van der Waals surface area (Å²) in [6.07, 6.45) is 1.11. The number of piperazine rings is 1. The van der Waals surface area contributed by atoms with Gasteiger partial charge in [0.1, 0.15) is 17.9 Å². The van der Waals surface area contributed by atoms with Crippen LogP contribution in [0, 0.1) is 0 Å². The lowest BCUT2D eigenvalue weighted by Crippen LogP contribution is -2.52. The number of nitrogens with one attached hydrogen (secondary N) is 2. The third-order valence-electron chi connectivity index (χ3n) is 8.44. The Bertz CT molecular complexity index is 1570. The summed E-state index contributed by atoms with van der Waals surface area (Å²) in [5.41, 5.74) is 1.74. The molecule has 3 heterocycles. The smallest absolute Gasteiger partial charge is 0.416 e. The minimum atomic E-state index is -4.45. The second-order valence-electron chi connectivity index (χ2n) is 11.5. The van der Waals surface area contributed by atoms with Crippen LogP contribution in [0.15, 0.2) is 61.4 Å². The van der Waals surface area contributed by atoms with Gasteiger partial charge in [0.05, 0.1) is 42.4 Å². The highest BCUT2D eigenvalue weighted by atomic mass is 19.4. The third-order valence-corrected chi connectivity index (χ3v) is 8.44. The maximum absolute atomic E-state index is 13.4. The van der Waals surface area contributed by atoms with Gasteiger partial charge in [0, 0.05) is 50.3 Å². The molecular weight excluding hydrogens is 587 g/mol. The molecule has 45 heavy (non-hydrogen) atoms. The Hall–Kier alpha value is -4.36. The lowest BCUT2D eigenvalue weighted by Gasteiger charge is -2.42. The Kier molecular flexibility index (Phi) is 8.56. The van der Waals surface area contributed by atoms with Gasteiger partial charge in [-0.05, 0) is 49.6 Å². The number of carbonyl (C=O) groups excluding carboxylic acids is 1. The first-order valence-corrected chi connectivity index (χ1v) is 15.0. The molecule has 0 unspecified atom stereocenters. The monoisotopic (exact) mass is 623 g/mol. The Morgan fingerprint density at radius 3 is 2.64 bits per heavy atom. The first-order valence-electron chi connectivity index (χ1n) is 15.0. The van der Waals surface area contributed by atoms with E-state index in [0.29, 0.717) is 59.4 Å². The van der Waals surface area contributed by atoms with Gasteiger partial charge in [-0.25, -0.2) is 15.0 Å². The number of rotatable bonds is 9. The van der Waals surface area contributed by atoms with E-state index in [0.717, 1.165) is 37.5 Å². The van der Waals surface area contributed by atoms with Crippen molar-refractivity contribution in [2.75, 3.05) is 53.9 Å². The number of carbonyl (C=O) groups is 1. The van der Waals surface area contributed by atoms with Crippen LogP contribution in [0.3, 0.4) is 0 Å². The van der Waals surface area contributed by atoms with E-state index in [1.165, 1.54) is 36.4 Å². The van der Waals surface area contributed by atoms with Gasteiger partial charge < -0.3 is 20.3 Å². The largest absolute Gasteiger partial charge is 0.494 e. The fourth-order valence-corrected chi connectivity index (χ4v) is 6.11. The first-order chi connectivity index (χ1) is 21.6. The van der Waals surface area contributed by atoms with Crippen LogP contribution in [-0.4, -0.2) is 66.2 Å². The number of hydrogen-bond acceptors (Lipinski definition) is 9. The average Bonchev–Trinajstić information content (AvgIpc) is 3.75. The van der Waals surface area contributed by atoms with Crippen LogP contribution in [0.1, 0.15) is 43.4 Å². The number of halogens is 3. The van der Waals surface area contributed by atoms with Crippen LogP contribution in [-0.2, 0) is 15.8 Å². The minimum Gasteiger partial charge on any atom is -0.494 e. The molecule has 0 radical (unpaired) electrons. The SMILES string of the molecule is C=CC(=O)Nc1cc(Nc2cc(N3OCC[C@@H]3c3cccc(C(F)(F)F)c3)ncn2)c(OC)cc1N1CCN(C2CC2)[C@H](C)C1. The number of hydroxylamine groups is 1. The van der Waals surface area contributed by atoms with Crippen molar-refractivity contribution in [3.05, 3.63) is 72.6 Å². The van der Waals surface area contributed by atoms with Gasteiger partial charge in [0.2, 0.25) is 5.91 Å². The van der Waals surface area contributed by atoms with E-state index in [4.69, 9.17) is 9.57 Å². The third kappa shape index (κ3) is 6.69. The highest BCUT2D eigenvalue weighted by Crippen LogP contribution is 2.41. The van der Waals surface area contributed by atoms with Gasteiger partial charge in [-0.15, -0.1) is 0 Å². The standard InChI is InChI=1S/C32H36F3N7O3/c1-4-31(43)39-24-15-25(28(44-3)16-27(24)40-11-12-41(20(2)18-40)23-8-9-23)38-29-17-30(37-19-36-29)42-26(10-13-45-42)21-6-5-7-22(14-21)32(33,34)35/h4-7,14-17,19-20,23,26H,1,8-13,18H2,2-3H3,(H,39,43)(H,36,37,38)/t20-,26-/m1/s1. The lowest BCUT2D eigenvalue weighted by atomic mass is 10.0. The van der Waals surface area contributed by atoms with E-state index >= 15 is 0 Å². The average molecular weight is 624 g/mol. The summed E-state index contributed by atoms with van der Waals surface area (Å²) in [4.78, 5) is 31.8. The zero-order valence-electron chi connectivity index (χ0n) is 25.2. The van der Waals surface area contributed by atoms with Crippen LogP contribution in [0.4, 0.5) is 41.9 Å². The molecule has 238 valence electrons. The van der Waals surface area contributed by atoms with E-state index < -0.39 is 17.8 Å². The zero-order valence-corrected chi connectivity index (χ0v) is 25.2. The molecule has 3 aliphatic rings. The number of alkyl halides is 3. The molecule has 2 aliphatic heterocycles. The number of anilines is 5. The lowest BCUT2D eigenvalue weighted by molar-refractivity contribution is -0.137. The number of ether oxygens (including phenoxy) is 1. The van der Waals surface area contributed by atoms with Gasteiger partial charge in [0.15, 0.2) is 5.82 Å². The van der Waals surface area contributed by atoms with Crippen LogP contribution >= 0.6 is 0 Å². The Morgan fingerprint density at radius 1 is 1.11 bits per heavy atom. The van der Waals surface area contributed by atoms with Gasteiger partial charge in [0.25, 0.3) is 0 Å². The van der Waals surface area contributed by atoms with Crippen LogP contribution in [0.25, 0.3) is 0 Å². The van der Waals surface area contributed by atoms with E-state index in [2.05, 4.69) is 43.9 Å². The normalized spacial score (nSPS) is 20.6. The van der Waals surface area contributed by atoms with Crippen LogP contribution < -0.4 is 25.3 Å². The van der Waals surface area contributed by atoms with Crippen molar-refractivity contribution in [3.8, 4) is 5.75 Å². The topological polar surface area (TPSA) is 95.1 Å². The molecule has 2 aromatic carbocycles. The molecule has 2 saturated heterocycles. The Morgan fingerprint density at radius 2 is 1.93 bits per heavy atom. The Labute approximate surface area is 259 Å². The molecule has 1 saturated carbocycles. The number of methoxy groups -OCH3 is 1. The van der Waals surface area contributed by atoms with Crippen LogP contribution in [0.2, 0.25) is 0 Å². The van der Waals surface area contributed by atoms with E-state index in [1.54, 1.807) is 25.3 Å².